The molecular formula is C16H32ClNO2. The maximum atomic E-state index is 11.7. The Morgan fingerprint density at radius 3 is 2.25 bits per heavy atom. The minimum absolute atomic E-state index is 0. The summed E-state index contributed by atoms with van der Waals surface area (Å²) in [7, 11) is 3.79. The fraction of sp³-hybridized carbons (Fsp3) is 0.812. The van der Waals surface area contributed by atoms with Crippen LogP contribution in [0.3, 0.4) is 0 Å². The van der Waals surface area contributed by atoms with Crippen molar-refractivity contribution >= 4 is 18.4 Å². The lowest BCUT2D eigenvalue weighted by Crippen LogP contribution is -2.30. The molecule has 0 spiro atoms. The van der Waals surface area contributed by atoms with Crippen molar-refractivity contribution in [1.29, 1.82) is 0 Å². The third-order valence-electron chi connectivity index (χ3n) is 3.33. The molecule has 0 bridgehead atoms. The first-order chi connectivity index (χ1) is 8.99. The van der Waals surface area contributed by atoms with Gasteiger partial charge in [0, 0.05) is 5.57 Å². The third kappa shape index (κ3) is 11.3. The number of hydrogen-bond acceptors (Lipinski definition) is 3. The predicted molar refractivity (Wildman–Crippen MR) is 88.2 cm³/mol. The van der Waals surface area contributed by atoms with Crippen LogP contribution in [0.2, 0.25) is 0 Å². The summed E-state index contributed by atoms with van der Waals surface area (Å²) in [5.74, 6) is -0.202. The number of hydrogen-bond donors (Lipinski definition) is 0. The van der Waals surface area contributed by atoms with Crippen molar-refractivity contribution in [3.05, 3.63) is 11.6 Å². The molecule has 4 heteroatoms. The molecule has 0 rings (SSSR count). The van der Waals surface area contributed by atoms with Gasteiger partial charge in [0.15, 0.2) is 6.23 Å². The van der Waals surface area contributed by atoms with Gasteiger partial charge in [-0.3, -0.25) is 4.90 Å². The Morgan fingerprint density at radius 1 is 1.15 bits per heavy atom. The molecule has 0 aromatic rings. The molecule has 0 aromatic heterocycles. The summed E-state index contributed by atoms with van der Waals surface area (Å²) in [5.41, 5.74) is 0.724. The fourth-order valence-corrected chi connectivity index (χ4v) is 1.68. The molecule has 0 aliphatic rings. The lowest BCUT2D eigenvalue weighted by atomic mass is 10.1. The van der Waals surface area contributed by atoms with Crippen LogP contribution < -0.4 is 0 Å². The van der Waals surface area contributed by atoms with Gasteiger partial charge in [0.2, 0.25) is 0 Å². The smallest absolute Gasteiger partial charge is 0.334 e. The van der Waals surface area contributed by atoms with Crippen LogP contribution in [0.1, 0.15) is 65.7 Å². The lowest BCUT2D eigenvalue weighted by Gasteiger charge is -2.19. The monoisotopic (exact) mass is 305 g/mol. The Bertz CT molecular complexity index is 278. The molecule has 0 N–H and O–H groups in total. The van der Waals surface area contributed by atoms with Crippen molar-refractivity contribution in [2.24, 2.45) is 0 Å². The highest BCUT2D eigenvalue weighted by Crippen LogP contribution is 2.09. The second-order valence-electron chi connectivity index (χ2n) is 5.41. The van der Waals surface area contributed by atoms with Crippen molar-refractivity contribution in [1.82, 2.24) is 4.90 Å². The SMILES string of the molecule is CCCCCCCCC=C(C)C(=O)OC(C)N(C)C.Cl. The van der Waals surface area contributed by atoms with Crippen LogP contribution in [-0.2, 0) is 9.53 Å². The first-order valence-corrected chi connectivity index (χ1v) is 7.53. The normalized spacial score (nSPS) is 13.0. The fourth-order valence-electron chi connectivity index (χ4n) is 1.68. The van der Waals surface area contributed by atoms with Gasteiger partial charge in [0.05, 0.1) is 0 Å². The number of allylic oxidation sites excluding steroid dienone is 1. The average Bonchev–Trinajstić information content (AvgIpc) is 2.37. The second-order valence-corrected chi connectivity index (χ2v) is 5.41. The Morgan fingerprint density at radius 2 is 1.70 bits per heavy atom. The molecule has 120 valence electrons. The summed E-state index contributed by atoms with van der Waals surface area (Å²) in [4.78, 5) is 13.6. The van der Waals surface area contributed by atoms with E-state index in [2.05, 4.69) is 6.92 Å². The molecule has 0 amide bonds. The molecule has 3 nitrogen and oxygen atoms in total. The van der Waals surface area contributed by atoms with Crippen molar-refractivity contribution in [3.8, 4) is 0 Å². The van der Waals surface area contributed by atoms with Crippen LogP contribution >= 0.6 is 12.4 Å². The molecule has 1 unspecified atom stereocenters. The van der Waals surface area contributed by atoms with Gasteiger partial charge in [-0.1, -0.05) is 45.1 Å². The summed E-state index contributed by atoms with van der Waals surface area (Å²) in [5, 5.41) is 0. The molecule has 1 atom stereocenters. The van der Waals surface area contributed by atoms with E-state index in [1.54, 1.807) is 0 Å². The van der Waals surface area contributed by atoms with E-state index in [0.717, 1.165) is 18.4 Å². The number of nitrogens with zero attached hydrogens (tertiary/aromatic N) is 1. The number of rotatable bonds is 10. The number of halogens is 1. The minimum Gasteiger partial charge on any atom is -0.443 e. The van der Waals surface area contributed by atoms with E-state index >= 15 is 0 Å². The van der Waals surface area contributed by atoms with Gasteiger partial charge < -0.3 is 4.74 Å². The summed E-state index contributed by atoms with van der Waals surface area (Å²) in [6, 6.07) is 0. The van der Waals surface area contributed by atoms with Crippen molar-refractivity contribution in [2.75, 3.05) is 14.1 Å². The third-order valence-corrected chi connectivity index (χ3v) is 3.33. The summed E-state index contributed by atoms with van der Waals surface area (Å²) in [6.45, 7) is 5.94. The summed E-state index contributed by atoms with van der Waals surface area (Å²) < 4.78 is 5.30. The van der Waals surface area contributed by atoms with Gasteiger partial charge in [-0.05, 0) is 40.8 Å². The van der Waals surface area contributed by atoms with Crippen LogP contribution in [0.15, 0.2) is 11.6 Å². The maximum absolute atomic E-state index is 11.7. The molecule has 0 fully saturated rings. The predicted octanol–water partition coefficient (Wildman–Crippen LogP) is 4.56. The highest BCUT2D eigenvalue weighted by molar-refractivity contribution is 5.87. The van der Waals surface area contributed by atoms with Crippen LogP contribution in [0, 0.1) is 0 Å². The van der Waals surface area contributed by atoms with Gasteiger partial charge in [0.25, 0.3) is 0 Å². The molecule has 0 saturated carbocycles. The molecule has 0 aliphatic carbocycles. The van der Waals surface area contributed by atoms with E-state index in [0.29, 0.717) is 0 Å². The Kier molecular flexibility index (Phi) is 14.6. The summed E-state index contributed by atoms with van der Waals surface area (Å²) >= 11 is 0. The van der Waals surface area contributed by atoms with Gasteiger partial charge in [-0.15, -0.1) is 12.4 Å². The summed E-state index contributed by atoms with van der Waals surface area (Å²) in [6.07, 6.45) is 10.5. The Hall–Kier alpha value is -0.540. The number of ether oxygens (including phenoxy) is 1. The molecule has 0 heterocycles. The van der Waals surface area contributed by atoms with E-state index in [-0.39, 0.29) is 24.6 Å². The van der Waals surface area contributed by atoms with E-state index in [1.807, 2.05) is 38.9 Å². The lowest BCUT2D eigenvalue weighted by molar-refractivity contribution is -0.150. The van der Waals surface area contributed by atoms with Crippen molar-refractivity contribution in [2.45, 2.75) is 71.9 Å². The zero-order chi connectivity index (χ0) is 14.7. The van der Waals surface area contributed by atoms with Crippen LogP contribution in [0.25, 0.3) is 0 Å². The highest BCUT2D eigenvalue weighted by atomic mass is 35.5. The van der Waals surface area contributed by atoms with Crippen molar-refractivity contribution in [3.63, 3.8) is 0 Å². The quantitative estimate of drug-likeness (QED) is 0.256. The molecule has 0 radical (unpaired) electrons. The molecule has 0 aromatic carbocycles. The van der Waals surface area contributed by atoms with Crippen LogP contribution in [0.4, 0.5) is 0 Å². The molecular weight excluding hydrogens is 274 g/mol. The van der Waals surface area contributed by atoms with E-state index in [4.69, 9.17) is 4.74 Å². The van der Waals surface area contributed by atoms with Crippen LogP contribution in [-0.4, -0.2) is 31.2 Å². The van der Waals surface area contributed by atoms with E-state index in [1.165, 1.54) is 32.1 Å². The Labute approximate surface area is 131 Å². The van der Waals surface area contributed by atoms with Gasteiger partial charge >= 0.3 is 5.97 Å². The maximum Gasteiger partial charge on any atom is 0.334 e. The van der Waals surface area contributed by atoms with Gasteiger partial charge in [-0.25, -0.2) is 4.79 Å². The number of esters is 1. The topological polar surface area (TPSA) is 29.5 Å². The van der Waals surface area contributed by atoms with Gasteiger partial charge in [-0.2, -0.15) is 0 Å². The molecule has 0 saturated heterocycles. The second kappa shape index (κ2) is 13.4. The average molecular weight is 306 g/mol. The minimum atomic E-state index is -0.202. The Balaban J connectivity index is 0. The first kappa shape index (κ1) is 21.8. The zero-order valence-corrected chi connectivity index (χ0v) is 14.6. The number of carbonyl (C=O) groups is 1. The zero-order valence-electron chi connectivity index (χ0n) is 13.8. The van der Waals surface area contributed by atoms with Crippen molar-refractivity contribution < 1.29 is 9.53 Å². The molecule has 0 aliphatic heterocycles. The number of carbonyl (C=O) groups excluding carboxylic acids is 1. The van der Waals surface area contributed by atoms with Gasteiger partial charge in [0.1, 0.15) is 0 Å². The largest absolute Gasteiger partial charge is 0.443 e. The van der Waals surface area contributed by atoms with E-state index in [9.17, 15) is 4.79 Å². The van der Waals surface area contributed by atoms with Crippen LogP contribution in [0.5, 0.6) is 0 Å². The van der Waals surface area contributed by atoms with E-state index < -0.39 is 0 Å². The standard InChI is InChI=1S/C16H31NO2.ClH/c1-6-7-8-9-10-11-12-13-14(2)16(18)19-15(3)17(4)5;/h13,15H,6-12H2,1-5H3;1H. The number of unbranched alkanes of at least 4 members (excludes halogenated alkanes) is 6. The molecule has 20 heavy (non-hydrogen) atoms. The highest BCUT2D eigenvalue weighted by Gasteiger charge is 2.12. The first-order valence-electron chi connectivity index (χ1n) is 7.53.